The predicted octanol–water partition coefficient (Wildman–Crippen LogP) is 5.46. The smallest absolute Gasteiger partial charge is 0.270 e. The van der Waals surface area contributed by atoms with E-state index in [-0.39, 0.29) is 38.9 Å². The summed E-state index contributed by atoms with van der Waals surface area (Å²) in [4.78, 5) is 29.9. The second-order valence-corrected chi connectivity index (χ2v) is 13.1. The Balaban J connectivity index is 1.58. The van der Waals surface area contributed by atoms with Crippen molar-refractivity contribution in [2.75, 3.05) is 26.5 Å². The number of pyridine rings is 1. The van der Waals surface area contributed by atoms with Gasteiger partial charge in [-0.25, -0.2) is 4.98 Å². The zero-order chi connectivity index (χ0) is 26.4. The number of carbonyl (C=O) groups excluding carboxylic acids is 2. The molecule has 0 unspecified atom stereocenters. The highest BCUT2D eigenvalue weighted by atomic mass is 127. The number of nitrogens with one attached hydrogen (secondary N) is 2. The van der Waals surface area contributed by atoms with Crippen molar-refractivity contribution in [3.8, 4) is 11.3 Å². The van der Waals surface area contributed by atoms with Crippen LogP contribution in [0.4, 0.5) is 5.69 Å². The van der Waals surface area contributed by atoms with Crippen molar-refractivity contribution in [2.45, 2.75) is 38.3 Å². The molecule has 1 saturated carbocycles. The fraction of sp³-hybridized carbons (Fsp3) is 0.310. The number of aromatic nitrogens is 1. The highest BCUT2D eigenvalue weighted by molar-refractivity contribution is 14.2. The van der Waals surface area contributed by atoms with Crippen LogP contribution in [0, 0.1) is 0 Å². The van der Waals surface area contributed by atoms with Gasteiger partial charge in [0.25, 0.3) is 5.91 Å². The minimum Gasteiger partial charge on any atom is -0.380 e. The Labute approximate surface area is 228 Å². The molecule has 0 radical (unpaired) electrons. The number of hydrogen-bond acceptors (Lipinski definition) is 5. The first-order chi connectivity index (χ1) is 17.9. The zero-order valence-electron chi connectivity index (χ0n) is 21.5. The van der Waals surface area contributed by atoms with Gasteiger partial charge >= 0.3 is 0 Å². The van der Waals surface area contributed by atoms with E-state index >= 15 is 0 Å². The average molecular weight is 613 g/mol. The maximum atomic E-state index is 13.0. The second kappa shape index (κ2) is 12.5. The number of rotatable bonds is 8. The van der Waals surface area contributed by atoms with E-state index in [4.69, 9.17) is 4.74 Å². The van der Waals surface area contributed by atoms with Crippen LogP contribution in [-0.2, 0) is 16.1 Å². The first-order valence-electron chi connectivity index (χ1n) is 12.3. The van der Waals surface area contributed by atoms with Crippen molar-refractivity contribution < 1.29 is 14.3 Å². The molecule has 1 heterocycles. The van der Waals surface area contributed by atoms with Gasteiger partial charge in [-0.2, -0.15) is 0 Å². The van der Waals surface area contributed by atoms with Crippen molar-refractivity contribution in [1.82, 2.24) is 13.4 Å². The van der Waals surface area contributed by atoms with E-state index in [9.17, 15) is 9.59 Å². The van der Waals surface area contributed by atoms with Gasteiger partial charge in [0.2, 0.25) is 5.91 Å². The van der Waals surface area contributed by atoms with Gasteiger partial charge in [0.1, 0.15) is 5.69 Å². The molecule has 0 atom stereocenters. The minimum atomic E-state index is -0.289. The lowest BCUT2D eigenvalue weighted by molar-refractivity contribution is -0.111. The SMILES string of the molecule is C=CC(=O)Nc1c(COC)ccc2ccc(-c3cccc(C(=O)NC4CCC(=IN(C)C)CC4)n3)cc12. The van der Waals surface area contributed by atoms with Crippen LogP contribution in [0.25, 0.3) is 22.0 Å². The number of methoxy groups -OCH3 is 1. The molecule has 1 aromatic heterocycles. The molecule has 1 aliphatic carbocycles. The average Bonchev–Trinajstić information content (AvgIpc) is 2.90. The number of benzene rings is 2. The number of nitrogens with zero attached hydrogens (tertiary/aromatic N) is 2. The zero-order valence-corrected chi connectivity index (χ0v) is 23.7. The van der Waals surface area contributed by atoms with Crippen molar-refractivity contribution in [3.63, 3.8) is 0 Å². The fourth-order valence-electron chi connectivity index (χ4n) is 4.50. The lowest BCUT2D eigenvalue weighted by Crippen LogP contribution is -2.38. The number of halogens is 1. The summed E-state index contributed by atoms with van der Waals surface area (Å²) in [7, 11) is 5.90. The lowest BCUT2D eigenvalue weighted by Gasteiger charge is -2.25. The van der Waals surface area contributed by atoms with Crippen molar-refractivity contribution in [2.24, 2.45) is 0 Å². The number of anilines is 1. The van der Waals surface area contributed by atoms with Crippen molar-refractivity contribution in [3.05, 3.63) is 72.4 Å². The molecule has 2 amide bonds. The van der Waals surface area contributed by atoms with E-state index in [1.807, 2.05) is 42.5 Å². The number of ether oxygens (including phenoxy) is 1. The Kier molecular flexibility index (Phi) is 9.18. The molecule has 1 fully saturated rings. The Morgan fingerprint density at radius 3 is 2.62 bits per heavy atom. The number of hydrogen-bond donors (Lipinski definition) is 2. The molecule has 0 bridgehead atoms. The molecule has 1 aliphatic rings. The largest absolute Gasteiger partial charge is 0.380 e. The summed E-state index contributed by atoms with van der Waals surface area (Å²) in [5.74, 6) is -0.428. The summed E-state index contributed by atoms with van der Waals surface area (Å²) in [5.41, 5.74) is 3.51. The number of carbonyl (C=O) groups is 2. The molecule has 0 spiro atoms. The summed E-state index contributed by atoms with van der Waals surface area (Å²) in [5, 5.41) is 7.96. The van der Waals surface area contributed by atoms with E-state index in [2.05, 4.69) is 39.4 Å². The van der Waals surface area contributed by atoms with Gasteiger partial charge < -0.3 is 15.4 Å². The third-order valence-corrected chi connectivity index (χ3v) is 9.00. The van der Waals surface area contributed by atoms with Crippen LogP contribution in [0.3, 0.4) is 0 Å². The standard InChI is InChI=1S/C29H33IN4O3/c1-5-27(35)33-28-21(18-37-4)12-10-19-9-11-20(17-24(19)28)25-7-6-8-26(32-25)29(36)31-23-15-13-22(14-16-23)30-34(2)3/h5-12,17,23H,1,13-16,18H2,2-4H3,(H,31,36)(H,33,35). The van der Waals surface area contributed by atoms with Gasteiger partial charge in [-0.3, -0.25) is 12.7 Å². The molecule has 3 aromatic rings. The van der Waals surface area contributed by atoms with Gasteiger partial charge in [-0.1, -0.05) is 36.9 Å². The van der Waals surface area contributed by atoms with Gasteiger partial charge in [-0.15, -0.1) is 0 Å². The summed E-state index contributed by atoms with van der Waals surface area (Å²) in [6.45, 7) is 3.93. The van der Waals surface area contributed by atoms with Crippen LogP contribution >= 0.6 is 21.0 Å². The number of amides is 2. The van der Waals surface area contributed by atoms with Gasteiger partial charge in [0.05, 0.1) is 18.0 Å². The van der Waals surface area contributed by atoms with E-state index in [0.29, 0.717) is 23.7 Å². The maximum Gasteiger partial charge on any atom is 0.270 e. The third-order valence-electron chi connectivity index (χ3n) is 6.27. The fourth-order valence-corrected chi connectivity index (χ4v) is 6.97. The number of fused-ring (bicyclic) bond motifs is 1. The highest BCUT2D eigenvalue weighted by Crippen LogP contribution is 2.32. The Morgan fingerprint density at radius 2 is 1.92 bits per heavy atom. The van der Waals surface area contributed by atoms with Gasteiger partial charge in [0, 0.05) is 29.7 Å². The van der Waals surface area contributed by atoms with E-state index in [1.165, 1.54) is 6.08 Å². The third kappa shape index (κ3) is 6.88. The normalized spacial score (nSPS) is 15.6. The second-order valence-electron chi connectivity index (χ2n) is 9.20. The Morgan fingerprint density at radius 1 is 1.16 bits per heavy atom. The summed E-state index contributed by atoms with van der Waals surface area (Å²) < 4.78 is 9.30. The van der Waals surface area contributed by atoms with E-state index < -0.39 is 0 Å². The lowest BCUT2D eigenvalue weighted by atomic mass is 9.95. The maximum absolute atomic E-state index is 13.0. The molecule has 37 heavy (non-hydrogen) atoms. The monoisotopic (exact) mass is 612 g/mol. The Hall–Kier alpha value is -2.95. The van der Waals surface area contributed by atoms with Crippen molar-refractivity contribution in [1.29, 1.82) is 0 Å². The first kappa shape index (κ1) is 27.1. The van der Waals surface area contributed by atoms with E-state index in [1.54, 1.807) is 16.7 Å². The molecule has 8 heteroatoms. The van der Waals surface area contributed by atoms with Crippen LogP contribution in [0.2, 0.25) is 0 Å². The molecular weight excluding hydrogens is 579 g/mol. The van der Waals surface area contributed by atoms with Gasteiger partial charge in [0.15, 0.2) is 0 Å². The van der Waals surface area contributed by atoms with Crippen molar-refractivity contribution >= 4 is 52.8 Å². The minimum absolute atomic E-state index is 0.00831. The molecule has 2 aromatic carbocycles. The summed E-state index contributed by atoms with van der Waals surface area (Å²) in [6, 6.07) is 15.6. The van der Waals surface area contributed by atoms with Gasteiger partial charge in [-0.05, 0) is 94.0 Å². The van der Waals surface area contributed by atoms with Crippen LogP contribution in [0.1, 0.15) is 41.7 Å². The molecular formula is C29H33IN4O3. The molecule has 2 N–H and O–H groups in total. The first-order valence-corrected chi connectivity index (χ1v) is 14.4. The van der Waals surface area contributed by atoms with E-state index in [0.717, 1.165) is 47.6 Å². The molecule has 194 valence electrons. The topological polar surface area (TPSA) is 83.6 Å². The summed E-state index contributed by atoms with van der Waals surface area (Å²) >= 11 is -0.00831. The van der Waals surface area contributed by atoms with Crippen LogP contribution in [0.15, 0.2) is 61.2 Å². The molecule has 0 aliphatic heterocycles. The molecule has 4 rings (SSSR count). The van der Waals surface area contributed by atoms with Crippen LogP contribution in [0.5, 0.6) is 0 Å². The summed E-state index contributed by atoms with van der Waals surface area (Å²) in [6.07, 6.45) is 5.41. The highest BCUT2D eigenvalue weighted by Gasteiger charge is 2.20. The molecule has 7 nitrogen and oxygen atoms in total. The van der Waals surface area contributed by atoms with Crippen LogP contribution in [-0.4, -0.2) is 50.7 Å². The quantitative estimate of drug-likeness (QED) is 0.201. The Bertz CT molecular complexity index is 1340. The molecule has 0 saturated heterocycles. The van der Waals surface area contributed by atoms with Crippen LogP contribution < -0.4 is 10.6 Å². The predicted molar refractivity (Wildman–Crippen MR) is 159 cm³/mol.